The molecule has 3 aliphatic heterocycles. The monoisotopic (exact) mass is 266 g/mol. The first kappa shape index (κ1) is 11.5. The molecule has 0 aromatic carbocycles. The zero-order chi connectivity index (χ0) is 12.4. The van der Waals surface area contributed by atoms with Crippen LogP contribution < -0.4 is 0 Å². The van der Waals surface area contributed by atoms with Gasteiger partial charge in [-0.15, -0.1) is 0 Å². The maximum Gasteiger partial charge on any atom is 0.160 e. The zero-order valence-electron chi connectivity index (χ0n) is 11.3. The van der Waals surface area contributed by atoms with E-state index in [0.717, 1.165) is 26.1 Å². The van der Waals surface area contributed by atoms with Gasteiger partial charge >= 0.3 is 0 Å². The van der Waals surface area contributed by atoms with E-state index >= 15 is 0 Å². The summed E-state index contributed by atoms with van der Waals surface area (Å²) in [4.78, 5) is 0. The van der Waals surface area contributed by atoms with Crippen LogP contribution in [0.1, 0.15) is 38.5 Å². The van der Waals surface area contributed by atoms with Crippen LogP contribution in [0.4, 0.5) is 0 Å². The largest absolute Gasteiger partial charge is 0.370 e. The van der Waals surface area contributed by atoms with Crippen LogP contribution in [0, 0.1) is 11.3 Å². The minimum Gasteiger partial charge on any atom is -0.370 e. The molecule has 0 aromatic rings. The molecule has 5 aliphatic rings. The Morgan fingerprint density at radius 1 is 0.789 bits per heavy atom. The van der Waals surface area contributed by atoms with Gasteiger partial charge < -0.3 is 18.9 Å². The minimum absolute atomic E-state index is 0.0219. The van der Waals surface area contributed by atoms with Crippen molar-refractivity contribution in [1.29, 1.82) is 0 Å². The third kappa shape index (κ3) is 1.96. The second-order valence-electron chi connectivity index (χ2n) is 7.23. The van der Waals surface area contributed by atoms with E-state index in [-0.39, 0.29) is 11.7 Å². The van der Waals surface area contributed by atoms with E-state index < -0.39 is 0 Å². The number of ether oxygens (including phenoxy) is 4. The van der Waals surface area contributed by atoms with Crippen molar-refractivity contribution < 1.29 is 18.9 Å². The van der Waals surface area contributed by atoms with E-state index in [1.807, 2.05) is 0 Å². The summed E-state index contributed by atoms with van der Waals surface area (Å²) in [7, 11) is 0. The van der Waals surface area contributed by atoms with Crippen molar-refractivity contribution in [2.24, 2.45) is 11.3 Å². The fourth-order valence-corrected chi connectivity index (χ4v) is 4.41. The molecule has 5 fully saturated rings. The van der Waals surface area contributed by atoms with Crippen molar-refractivity contribution in [3.8, 4) is 0 Å². The van der Waals surface area contributed by atoms with Gasteiger partial charge in [0.05, 0.1) is 37.6 Å². The normalized spacial score (nSPS) is 59.4. The summed E-state index contributed by atoms with van der Waals surface area (Å²) in [6, 6.07) is 0. The fraction of sp³-hybridized carbons (Fsp3) is 1.00. The fourth-order valence-electron chi connectivity index (χ4n) is 4.41. The molecule has 4 heteroatoms. The van der Waals surface area contributed by atoms with Gasteiger partial charge in [0.2, 0.25) is 0 Å². The molecule has 106 valence electrons. The maximum absolute atomic E-state index is 6.11. The molecule has 0 N–H and O–H groups in total. The molecule has 0 bridgehead atoms. The molecule has 4 nitrogen and oxygen atoms in total. The lowest BCUT2D eigenvalue weighted by molar-refractivity contribution is -0.257. The number of fused-ring (bicyclic) bond motifs is 2. The molecular formula is C15H22O4. The second-order valence-corrected chi connectivity index (χ2v) is 7.23. The van der Waals surface area contributed by atoms with Crippen LogP contribution in [-0.4, -0.2) is 43.9 Å². The van der Waals surface area contributed by atoms with Gasteiger partial charge in [-0.1, -0.05) is 0 Å². The standard InChI is InChI=1S/C15H22O4/c1-2-10-12(18-10)5-9(1)14-16-7-15(8-17-14)4-3-11-13(6-15)19-11/h9-14H,1-8H2/t9?,10?,11-,12?,13?,14?,15?/m0/s1. The number of rotatable bonds is 1. The number of hydrogen-bond donors (Lipinski definition) is 0. The predicted molar refractivity (Wildman–Crippen MR) is 66.6 cm³/mol. The van der Waals surface area contributed by atoms with E-state index in [0.29, 0.717) is 30.3 Å². The molecular weight excluding hydrogens is 244 g/mol. The van der Waals surface area contributed by atoms with Crippen molar-refractivity contribution in [2.75, 3.05) is 13.2 Å². The highest BCUT2D eigenvalue weighted by atomic mass is 16.7. The summed E-state index contributed by atoms with van der Waals surface area (Å²) >= 11 is 0. The SMILES string of the molecule is C1CC2OC2CC1C1OCC2(CC[C@@H]3OC3C2)CO1. The average molecular weight is 266 g/mol. The van der Waals surface area contributed by atoms with Crippen LogP contribution >= 0.6 is 0 Å². The molecule has 3 heterocycles. The molecule has 2 aliphatic carbocycles. The predicted octanol–water partition coefficient (Wildman–Crippen LogP) is 1.86. The number of hydrogen-bond acceptors (Lipinski definition) is 4. The van der Waals surface area contributed by atoms with Crippen LogP contribution in [0.3, 0.4) is 0 Å². The van der Waals surface area contributed by atoms with E-state index in [4.69, 9.17) is 18.9 Å². The van der Waals surface area contributed by atoms with Gasteiger partial charge in [-0.3, -0.25) is 0 Å². The van der Waals surface area contributed by atoms with Crippen molar-refractivity contribution in [2.45, 2.75) is 69.2 Å². The molecule has 3 saturated heterocycles. The van der Waals surface area contributed by atoms with E-state index in [1.165, 1.54) is 25.7 Å². The van der Waals surface area contributed by atoms with Crippen molar-refractivity contribution in [3.63, 3.8) is 0 Å². The Balaban J connectivity index is 1.21. The Hall–Kier alpha value is -0.160. The lowest BCUT2D eigenvalue weighted by atomic mass is 9.74. The lowest BCUT2D eigenvalue weighted by Gasteiger charge is -2.43. The average Bonchev–Trinajstić information content (AvgIpc) is 3.33. The Kier molecular flexibility index (Phi) is 2.38. The quantitative estimate of drug-likeness (QED) is 0.680. The highest BCUT2D eigenvalue weighted by Crippen LogP contribution is 2.49. The van der Waals surface area contributed by atoms with Gasteiger partial charge in [-0.25, -0.2) is 0 Å². The molecule has 5 atom stereocenters. The third-order valence-corrected chi connectivity index (χ3v) is 5.82. The number of epoxide rings is 2. The van der Waals surface area contributed by atoms with Crippen molar-refractivity contribution in [3.05, 3.63) is 0 Å². The summed E-state index contributed by atoms with van der Waals surface area (Å²) in [5, 5.41) is 0. The van der Waals surface area contributed by atoms with Crippen LogP contribution in [0.15, 0.2) is 0 Å². The molecule has 1 spiro atoms. The highest BCUT2D eigenvalue weighted by Gasteiger charge is 2.53. The first-order valence-electron chi connectivity index (χ1n) is 7.86. The van der Waals surface area contributed by atoms with Crippen LogP contribution in [-0.2, 0) is 18.9 Å². The summed E-state index contributed by atoms with van der Waals surface area (Å²) < 4.78 is 23.5. The van der Waals surface area contributed by atoms with E-state index in [2.05, 4.69) is 0 Å². The molecule has 5 rings (SSSR count). The molecule has 19 heavy (non-hydrogen) atoms. The third-order valence-electron chi connectivity index (χ3n) is 5.82. The van der Waals surface area contributed by atoms with E-state index in [1.54, 1.807) is 0 Å². The highest BCUT2D eigenvalue weighted by molar-refractivity contribution is 5.00. The first-order valence-corrected chi connectivity index (χ1v) is 7.86. The second kappa shape index (κ2) is 3.94. The summed E-state index contributed by atoms with van der Waals surface area (Å²) in [5.41, 5.74) is 0.251. The summed E-state index contributed by atoms with van der Waals surface area (Å²) in [5.74, 6) is 0.551. The van der Waals surface area contributed by atoms with Crippen molar-refractivity contribution in [1.82, 2.24) is 0 Å². The maximum atomic E-state index is 6.11. The van der Waals surface area contributed by atoms with Gasteiger partial charge in [-0.2, -0.15) is 0 Å². The molecule has 4 unspecified atom stereocenters. The minimum atomic E-state index is 0.0219. The summed E-state index contributed by atoms with van der Waals surface area (Å²) in [6.07, 6.45) is 9.24. The Morgan fingerprint density at radius 2 is 1.58 bits per heavy atom. The molecule has 0 radical (unpaired) electrons. The Labute approximate surface area is 113 Å². The van der Waals surface area contributed by atoms with Crippen LogP contribution in [0.5, 0.6) is 0 Å². The summed E-state index contributed by atoms with van der Waals surface area (Å²) in [6.45, 7) is 1.74. The van der Waals surface area contributed by atoms with Crippen molar-refractivity contribution >= 4 is 0 Å². The van der Waals surface area contributed by atoms with Gasteiger partial charge in [0, 0.05) is 11.3 Å². The topological polar surface area (TPSA) is 43.5 Å². The van der Waals surface area contributed by atoms with Crippen LogP contribution in [0.25, 0.3) is 0 Å². The Bertz CT molecular complexity index is 376. The van der Waals surface area contributed by atoms with Gasteiger partial charge in [-0.05, 0) is 38.5 Å². The lowest BCUT2D eigenvalue weighted by Crippen LogP contribution is -2.47. The Morgan fingerprint density at radius 3 is 2.37 bits per heavy atom. The molecule has 2 saturated carbocycles. The molecule has 0 amide bonds. The van der Waals surface area contributed by atoms with Gasteiger partial charge in [0.25, 0.3) is 0 Å². The van der Waals surface area contributed by atoms with Gasteiger partial charge in [0.1, 0.15) is 0 Å². The first-order chi connectivity index (χ1) is 9.31. The van der Waals surface area contributed by atoms with Crippen LogP contribution in [0.2, 0.25) is 0 Å². The zero-order valence-corrected chi connectivity index (χ0v) is 11.3. The van der Waals surface area contributed by atoms with Gasteiger partial charge in [0.15, 0.2) is 6.29 Å². The molecule has 0 aromatic heterocycles. The van der Waals surface area contributed by atoms with E-state index in [9.17, 15) is 0 Å². The smallest absolute Gasteiger partial charge is 0.160 e.